The average Bonchev–Trinajstić information content (AvgIpc) is 2.37. The van der Waals surface area contributed by atoms with Crippen molar-refractivity contribution in [3.63, 3.8) is 0 Å². The van der Waals surface area contributed by atoms with Gasteiger partial charge in [0, 0.05) is 5.02 Å². The number of aryl methyl sites for hydroxylation is 1. The van der Waals surface area contributed by atoms with Crippen molar-refractivity contribution < 1.29 is 4.74 Å². The van der Waals surface area contributed by atoms with Crippen LogP contribution < -0.4 is 10.1 Å². The summed E-state index contributed by atoms with van der Waals surface area (Å²) in [5.74, 6) is 0.897. The predicted molar refractivity (Wildman–Crippen MR) is 79.1 cm³/mol. The molecule has 0 fully saturated rings. The molecule has 0 aliphatic carbocycles. The lowest BCUT2D eigenvalue weighted by molar-refractivity contribution is 0.177. The van der Waals surface area contributed by atoms with Gasteiger partial charge in [-0.1, -0.05) is 29.8 Å². The third-order valence-electron chi connectivity index (χ3n) is 3.40. The van der Waals surface area contributed by atoms with Crippen LogP contribution in [0.3, 0.4) is 0 Å². The van der Waals surface area contributed by atoms with Gasteiger partial charge in [-0.05, 0) is 49.2 Å². The summed E-state index contributed by atoms with van der Waals surface area (Å²) in [6, 6.07) is 14.2. The van der Waals surface area contributed by atoms with Crippen molar-refractivity contribution >= 4 is 17.3 Å². The zero-order valence-electron chi connectivity index (χ0n) is 11.0. The monoisotopic (exact) mass is 273 g/mol. The number of anilines is 1. The molecular formula is C16H16ClNO. The SMILES string of the molecule is Cc1ccc2c(c1)NC(C)C(c1cccc(Cl)c1)O2. The number of rotatable bonds is 1. The van der Waals surface area contributed by atoms with E-state index in [1.807, 2.05) is 30.3 Å². The van der Waals surface area contributed by atoms with Crippen LogP contribution in [0.1, 0.15) is 24.2 Å². The van der Waals surface area contributed by atoms with Crippen molar-refractivity contribution in [2.24, 2.45) is 0 Å². The van der Waals surface area contributed by atoms with Gasteiger partial charge in [-0.2, -0.15) is 0 Å². The number of hydrogen-bond donors (Lipinski definition) is 1. The third kappa shape index (κ3) is 2.41. The minimum atomic E-state index is -0.0195. The fourth-order valence-electron chi connectivity index (χ4n) is 2.46. The van der Waals surface area contributed by atoms with E-state index in [2.05, 4.69) is 31.3 Å². The molecule has 0 saturated heterocycles. The van der Waals surface area contributed by atoms with E-state index in [1.165, 1.54) is 5.56 Å². The molecule has 1 heterocycles. The minimum absolute atomic E-state index is 0.0195. The molecule has 0 saturated carbocycles. The molecule has 98 valence electrons. The Morgan fingerprint density at radius 3 is 2.79 bits per heavy atom. The van der Waals surface area contributed by atoms with E-state index < -0.39 is 0 Å². The van der Waals surface area contributed by atoms with Gasteiger partial charge in [0.1, 0.15) is 11.9 Å². The number of halogens is 1. The lowest BCUT2D eigenvalue weighted by Crippen LogP contribution is -2.32. The first-order chi connectivity index (χ1) is 9.13. The van der Waals surface area contributed by atoms with Crippen LogP contribution in [0.5, 0.6) is 5.75 Å². The summed E-state index contributed by atoms with van der Waals surface area (Å²) in [6.07, 6.45) is -0.0195. The van der Waals surface area contributed by atoms with Gasteiger partial charge in [0.15, 0.2) is 0 Å². The highest BCUT2D eigenvalue weighted by atomic mass is 35.5. The van der Waals surface area contributed by atoms with Crippen LogP contribution in [0.4, 0.5) is 5.69 Å². The van der Waals surface area contributed by atoms with Crippen molar-refractivity contribution in [3.05, 3.63) is 58.6 Å². The van der Waals surface area contributed by atoms with Crippen LogP contribution in [0.15, 0.2) is 42.5 Å². The quantitative estimate of drug-likeness (QED) is 0.821. The van der Waals surface area contributed by atoms with Gasteiger partial charge in [0.25, 0.3) is 0 Å². The van der Waals surface area contributed by atoms with Gasteiger partial charge in [-0.25, -0.2) is 0 Å². The normalized spacial score (nSPS) is 21.2. The molecule has 1 N–H and O–H groups in total. The molecule has 1 aliphatic heterocycles. The first-order valence-corrected chi connectivity index (χ1v) is 6.80. The molecule has 0 bridgehead atoms. The molecular weight excluding hydrogens is 258 g/mol. The molecule has 3 rings (SSSR count). The van der Waals surface area contributed by atoms with Crippen molar-refractivity contribution in [1.82, 2.24) is 0 Å². The fraction of sp³-hybridized carbons (Fsp3) is 0.250. The van der Waals surface area contributed by atoms with Gasteiger partial charge in [-0.3, -0.25) is 0 Å². The Morgan fingerprint density at radius 1 is 1.16 bits per heavy atom. The van der Waals surface area contributed by atoms with Crippen molar-refractivity contribution in [3.8, 4) is 5.75 Å². The van der Waals surface area contributed by atoms with E-state index in [1.54, 1.807) is 0 Å². The largest absolute Gasteiger partial charge is 0.481 e. The molecule has 0 aromatic heterocycles. The number of ether oxygens (including phenoxy) is 1. The number of fused-ring (bicyclic) bond motifs is 1. The summed E-state index contributed by atoms with van der Waals surface area (Å²) in [5.41, 5.74) is 3.38. The summed E-state index contributed by atoms with van der Waals surface area (Å²) in [5, 5.41) is 4.24. The summed E-state index contributed by atoms with van der Waals surface area (Å²) >= 11 is 6.06. The maximum atomic E-state index is 6.12. The Morgan fingerprint density at radius 2 is 2.00 bits per heavy atom. The predicted octanol–water partition coefficient (Wildman–Crippen LogP) is 4.58. The van der Waals surface area contributed by atoms with Gasteiger partial charge in [0.05, 0.1) is 11.7 Å². The second-order valence-electron chi connectivity index (χ2n) is 5.03. The van der Waals surface area contributed by atoms with Gasteiger partial charge in [0.2, 0.25) is 0 Å². The molecule has 3 heteroatoms. The summed E-state index contributed by atoms with van der Waals surface area (Å²) in [7, 11) is 0. The molecule has 0 radical (unpaired) electrons. The number of benzene rings is 2. The highest BCUT2D eigenvalue weighted by molar-refractivity contribution is 6.30. The number of hydrogen-bond acceptors (Lipinski definition) is 2. The maximum Gasteiger partial charge on any atom is 0.144 e. The topological polar surface area (TPSA) is 21.3 Å². The summed E-state index contributed by atoms with van der Waals surface area (Å²) in [4.78, 5) is 0. The van der Waals surface area contributed by atoms with E-state index in [4.69, 9.17) is 16.3 Å². The molecule has 19 heavy (non-hydrogen) atoms. The maximum absolute atomic E-state index is 6.12. The minimum Gasteiger partial charge on any atom is -0.481 e. The van der Waals surface area contributed by atoms with Crippen molar-refractivity contribution in [1.29, 1.82) is 0 Å². The molecule has 2 atom stereocenters. The van der Waals surface area contributed by atoms with E-state index >= 15 is 0 Å². The first-order valence-electron chi connectivity index (χ1n) is 6.43. The van der Waals surface area contributed by atoms with E-state index in [-0.39, 0.29) is 12.1 Å². The van der Waals surface area contributed by atoms with Gasteiger partial charge >= 0.3 is 0 Å². The molecule has 0 spiro atoms. The smallest absolute Gasteiger partial charge is 0.144 e. The second-order valence-corrected chi connectivity index (χ2v) is 5.46. The van der Waals surface area contributed by atoms with Gasteiger partial charge < -0.3 is 10.1 Å². The lowest BCUT2D eigenvalue weighted by Gasteiger charge is -2.33. The lowest BCUT2D eigenvalue weighted by atomic mass is 10.0. The Hall–Kier alpha value is -1.67. The van der Waals surface area contributed by atoms with Crippen LogP contribution >= 0.6 is 11.6 Å². The Balaban J connectivity index is 1.95. The van der Waals surface area contributed by atoms with Gasteiger partial charge in [-0.15, -0.1) is 0 Å². The van der Waals surface area contributed by atoms with Crippen LogP contribution in [-0.2, 0) is 0 Å². The zero-order valence-corrected chi connectivity index (χ0v) is 11.7. The Kier molecular flexibility index (Phi) is 3.11. The van der Waals surface area contributed by atoms with Crippen LogP contribution in [0.25, 0.3) is 0 Å². The molecule has 2 unspecified atom stereocenters. The Bertz CT molecular complexity index is 611. The first kappa shape index (κ1) is 12.4. The van der Waals surface area contributed by atoms with Crippen molar-refractivity contribution in [2.75, 3.05) is 5.32 Å². The summed E-state index contributed by atoms with van der Waals surface area (Å²) in [6.45, 7) is 4.20. The van der Waals surface area contributed by atoms with E-state index in [9.17, 15) is 0 Å². The standard InChI is InChI=1S/C16H16ClNO/c1-10-6-7-15-14(8-10)18-11(2)16(19-15)12-4-3-5-13(17)9-12/h3-9,11,16,18H,1-2H3. The molecule has 0 amide bonds. The molecule has 2 nitrogen and oxygen atoms in total. The number of nitrogens with one attached hydrogen (secondary N) is 1. The third-order valence-corrected chi connectivity index (χ3v) is 3.64. The highest BCUT2D eigenvalue weighted by Crippen LogP contribution is 2.38. The van der Waals surface area contributed by atoms with E-state index in [0.717, 1.165) is 22.0 Å². The van der Waals surface area contributed by atoms with Crippen LogP contribution in [0, 0.1) is 6.92 Å². The van der Waals surface area contributed by atoms with Crippen LogP contribution in [0.2, 0.25) is 5.02 Å². The molecule has 2 aromatic rings. The second kappa shape index (κ2) is 4.78. The highest BCUT2D eigenvalue weighted by Gasteiger charge is 2.27. The van der Waals surface area contributed by atoms with Crippen molar-refractivity contribution in [2.45, 2.75) is 26.0 Å². The Labute approximate surface area is 118 Å². The zero-order chi connectivity index (χ0) is 13.4. The molecule has 2 aromatic carbocycles. The molecule has 1 aliphatic rings. The fourth-order valence-corrected chi connectivity index (χ4v) is 2.66. The summed E-state index contributed by atoms with van der Waals surface area (Å²) < 4.78 is 6.12. The van der Waals surface area contributed by atoms with Crippen LogP contribution in [-0.4, -0.2) is 6.04 Å². The average molecular weight is 274 g/mol. The van der Waals surface area contributed by atoms with E-state index in [0.29, 0.717) is 0 Å².